The van der Waals surface area contributed by atoms with E-state index in [1.807, 2.05) is 37.3 Å². The predicted molar refractivity (Wildman–Crippen MR) is 97.8 cm³/mol. The fraction of sp³-hybridized carbons (Fsp3) is 0.300. The van der Waals surface area contributed by atoms with Crippen LogP contribution in [0.3, 0.4) is 0 Å². The van der Waals surface area contributed by atoms with E-state index in [4.69, 9.17) is 0 Å². The molecule has 0 spiro atoms. The molecule has 1 atom stereocenters. The summed E-state index contributed by atoms with van der Waals surface area (Å²) in [5.74, 6) is 0.796. The van der Waals surface area contributed by atoms with Gasteiger partial charge in [-0.05, 0) is 31.4 Å². The highest BCUT2D eigenvalue weighted by Gasteiger charge is 2.23. The van der Waals surface area contributed by atoms with Crippen LogP contribution in [0.15, 0.2) is 53.4 Å². The lowest BCUT2D eigenvalue weighted by atomic mass is 10.0. The SMILES string of the molecule is C[C@@H](CCc1ccccc1)NC(=O)c1cccc2c1SCCC2=O. The third-order valence-corrected chi connectivity index (χ3v) is 5.36. The molecule has 1 amide bonds. The Kier molecular flexibility index (Phi) is 5.36. The molecule has 0 saturated carbocycles. The molecule has 4 heteroatoms. The predicted octanol–water partition coefficient (Wildman–Crippen LogP) is 4.12. The minimum atomic E-state index is -0.0883. The minimum Gasteiger partial charge on any atom is -0.350 e. The molecule has 1 heterocycles. The van der Waals surface area contributed by atoms with E-state index in [1.165, 1.54) is 5.56 Å². The summed E-state index contributed by atoms with van der Waals surface area (Å²) in [5, 5.41) is 3.07. The molecule has 24 heavy (non-hydrogen) atoms. The first-order chi connectivity index (χ1) is 11.6. The molecular weight excluding hydrogens is 318 g/mol. The van der Waals surface area contributed by atoms with Gasteiger partial charge < -0.3 is 5.32 Å². The molecule has 124 valence electrons. The van der Waals surface area contributed by atoms with E-state index in [0.29, 0.717) is 17.5 Å². The molecule has 0 bridgehead atoms. The van der Waals surface area contributed by atoms with E-state index < -0.39 is 0 Å². The average molecular weight is 339 g/mol. The summed E-state index contributed by atoms with van der Waals surface area (Å²) in [6.07, 6.45) is 2.37. The molecule has 1 aliphatic rings. The molecule has 3 nitrogen and oxygen atoms in total. The Morgan fingerprint density at radius 3 is 2.75 bits per heavy atom. The Bertz CT molecular complexity index is 743. The van der Waals surface area contributed by atoms with E-state index in [0.717, 1.165) is 23.5 Å². The summed E-state index contributed by atoms with van der Waals surface area (Å²) in [6, 6.07) is 15.8. The highest BCUT2D eigenvalue weighted by Crippen LogP contribution is 2.33. The zero-order valence-electron chi connectivity index (χ0n) is 13.7. The van der Waals surface area contributed by atoms with Crippen LogP contribution in [0.4, 0.5) is 0 Å². The number of benzene rings is 2. The molecule has 2 aromatic carbocycles. The summed E-state index contributed by atoms with van der Waals surface area (Å²) in [6.45, 7) is 2.02. The second-order valence-corrected chi connectivity index (χ2v) is 7.21. The number of hydrogen-bond acceptors (Lipinski definition) is 3. The van der Waals surface area contributed by atoms with Crippen LogP contribution in [-0.4, -0.2) is 23.5 Å². The number of hydrogen-bond donors (Lipinski definition) is 1. The van der Waals surface area contributed by atoms with E-state index in [9.17, 15) is 9.59 Å². The van der Waals surface area contributed by atoms with Crippen LogP contribution in [0.2, 0.25) is 0 Å². The van der Waals surface area contributed by atoms with Crippen LogP contribution in [0, 0.1) is 0 Å². The van der Waals surface area contributed by atoms with Gasteiger partial charge in [0.15, 0.2) is 5.78 Å². The third kappa shape index (κ3) is 3.88. The van der Waals surface area contributed by atoms with Crippen LogP contribution in [0.25, 0.3) is 0 Å². The smallest absolute Gasteiger partial charge is 0.252 e. The molecule has 0 aliphatic carbocycles. The largest absolute Gasteiger partial charge is 0.350 e. The second-order valence-electron chi connectivity index (χ2n) is 6.10. The van der Waals surface area contributed by atoms with Gasteiger partial charge in [-0.1, -0.05) is 42.5 Å². The van der Waals surface area contributed by atoms with Crippen molar-refractivity contribution < 1.29 is 9.59 Å². The van der Waals surface area contributed by atoms with Gasteiger partial charge in [-0.2, -0.15) is 0 Å². The number of rotatable bonds is 5. The Labute approximate surface area is 146 Å². The molecule has 0 saturated heterocycles. The number of thioether (sulfide) groups is 1. The maximum Gasteiger partial charge on any atom is 0.252 e. The zero-order chi connectivity index (χ0) is 16.9. The number of carbonyl (C=O) groups is 2. The van der Waals surface area contributed by atoms with Gasteiger partial charge in [0.05, 0.1) is 5.56 Å². The number of fused-ring (bicyclic) bond motifs is 1. The van der Waals surface area contributed by atoms with Gasteiger partial charge in [-0.15, -0.1) is 11.8 Å². The van der Waals surface area contributed by atoms with Gasteiger partial charge in [-0.3, -0.25) is 9.59 Å². The van der Waals surface area contributed by atoms with Gasteiger partial charge in [-0.25, -0.2) is 0 Å². The number of nitrogens with one attached hydrogen (secondary N) is 1. The van der Waals surface area contributed by atoms with E-state index in [-0.39, 0.29) is 17.7 Å². The Morgan fingerprint density at radius 1 is 1.17 bits per heavy atom. The van der Waals surface area contributed by atoms with E-state index in [2.05, 4.69) is 17.4 Å². The Hall–Kier alpha value is -2.07. The molecular formula is C20H21NO2S. The van der Waals surface area contributed by atoms with Gasteiger partial charge in [0, 0.05) is 28.7 Å². The van der Waals surface area contributed by atoms with Crippen molar-refractivity contribution in [2.75, 3.05) is 5.75 Å². The van der Waals surface area contributed by atoms with E-state index >= 15 is 0 Å². The first-order valence-corrected chi connectivity index (χ1v) is 9.27. The van der Waals surface area contributed by atoms with Crippen LogP contribution in [-0.2, 0) is 6.42 Å². The van der Waals surface area contributed by atoms with Crippen molar-refractivity contribution in [1.29, 1.82) is 0 Å². The normalized spacial score (nSPS) is 14.8. The van der Waals surface area contributed by atoms with Crippen LogP contribution >= 0.6 is 11.8 Å². The number of ketones is 1. The molecule has 3 rings (SSSR count). The summed E-state index contributed by atoms with van der Waals surface area (Å²) in [4.78, 5) is 25.4. The zero-order valence-corrected chi connectivity index (χ0v) is 14.6. The Morgan fingerprint density at radius 2 is 1.96 bits per heavy atom. The topological polar surface area (TPSA) is 46.2 Å². The van der Waals surface area contributed by atoms with Crippen molar-refractivity contribution in [3.63, 3.8) is 0 Å². The Balaban J connectivity index is 1.65. The summed E-state index contributed by atoms with van der Waals surface area (Å²) in [5.41, 5.74) is 2.59. The fourth-order valence-corrected chi connectivity index (χ4v) is 4.02. The number of aryl methyl sites for hydroxylation is 1. The lowest BCUT2D eigenvalue weighted by Crippen LogP contribution is -2.33. The van der Waals surface area contributed by atoms with Crippen molar-refractivity contribution in [2.24, 2.45) is 0 Å². The van der Waals surface area contributed by atoms with Gasteiger partial charge >= 0.3 is 0 Å². The van der Waals surface area contributed by atoms with Crippen molar-refractivity contribution in [2.45, 2.75) is 37.1 Å². The van der Waals surface area contributed by atoms with Crippen molar-refractivity contribution >= 4 is 23.5 Å². The monoisotopic (exact) mass is 339 g/mol. The first kappa shape index (κ1) is 16.8. The van der Waals surface area contributed by atoms with E-state index in [1.54, 1.807) is 17.8 Å². The highest BCUT2D eigenvalue weighted by molar-refractivity contribution is 7.99. The third-order valence-electron chi connectivity index (χ3n) is 4.22. The van der Waals surface area contributed by atoms with Crippen molar-refractivity contribution in [3.8, 4) is 0 Å². The quantitative estimate of drug-likeness (QED) is 0.891. The lowest BCUT2D eigenvalue weighted by Gasteiger charge is -2.19. The maximum absolute atomic E-state index is 12.6. The molecule has 2 aromatic rings. The van der Waals surface area contributed by atoms with Crippen LogP contribution in [0.5, 0.6) is 0 Å². The standard InChI is InChI=1S/C20H21NO2S/c1-14(10-11-15-6-3-2-4-7-15)21-20(23)17-9-5-8-16-18(22)12-13-24-19(16)17/h2-9,14H,10-13H2,1H3,(H,21,23)/t14-/m0/s1. The number of Topliss-reactive ketones (excluding diaryl/α,β-unsaturated/α-hetero) is 1. The average Bonchev–Trinajstić information content (AvgIpc) is 2.61. The molecule has 0 fully saturated rings. The molecule has 0 unspecified atom stereocenters. The van der Waals surface area contributed by atoms with Gasteiger partial charge in [0.1, 0.15) is 0 Å². The highest BCUT2D eigenvalue weighted by atomic mass is 32.2. The summed E-state index contributed by atoms with van der Waals surface area (Å²) >= 11 is 1.60. The second kappa shape index (κ2) is 7.67. The van der Waals surface area contributed by atoms with Gasteiger partial charge in [0.2, 0.25) is 0 Å². The van der Waals surface area contributed by atoms with Crippen LogP contribution in [0.1, 0.15) is 46.0 Å². The number of carbonyl (C=O) groups excluding carboxylic acids is 2. The minimum absolute atomic E-state index is 0.0813. The van der Waals surface area contributed by atoms with Crippen molar-refractivity contribution in [3.05, 3.63) is 65.2 Å². The molecule has 1 aliphatic heterocycles. The molecule has 0 aromatic heterocycles. The fourth-order valence-electron chi connectivity index (χ4n) is 2.87. The maximum atomic E-state index is 12.6. The van der Waals surface area contributed by atoms with Gasteiger partial charge in [0.25, 0.3) is 5.91 Å². The first-order valence-electron chi connectivity index (χ1n) is 8.29. The summed E-state index contributed by atoms with van der Waals surface area (Å²) < 4.78 is 0. The molecule has 1 N–H and O–H groups in total. The van der Waals surface area contributed by atoms with Crippen molar-refractivity contribution in [1.82, 2.24) is 5.32 Å². The summed E-state index contributed by atoms with van der Waals surface area (Å²) in [7, 11) is 0. The lowest BCUT2D eigenvalue weighted by molar-refractivity contribution is 0.0935. The number of amides is 1. The molecule has 0 radical (unpaired) electrons. The van der Waals surface area contributed by atoms with Crippen LogP contribution < -0.4 is 5.32 Å².